The smallest absolute Gasteiger partial charge is 0.162 e. The quantitative estimate of drug-likeness (QED) is 0.581. The van der Waals surface area contributed by atoms with Crippen molar-refractivity contribution in [1.29, 1.82) is 0 Å². The lowest BCUT2D eigenvalue weighted by atomic mass is 10.0. The van der Waals surface area contributed by atoms with Crippen molar-refractivity contribution in [3.63, 3.8) is 0 Å². The molecule has 128 valence electrons. The lowest BCUT2D eigenvalue weighted by molar-refractivity contribution is 0.211. The molecule has 0 saturated carbocycles. The van der Waals surface area contributed by atoms with Crippen LogP contribution in [-0.4, -0.2) is 25.3 Å². The second-order valence-corrected chi connectivity index (χ2v) is 6.09. The molecule has 0 unspecified atom stereocenters. The maximum atomic E-state index is 5.74. The summed E-state index contributed by atoms with van der Waals surface area (Å²) < 4.78 is 16.7. The molecule has 0 aliphatic heterocycles. The highest BCUT2D eigenvalue weighted by molar-refractivity contribution is 7.80. The van der Waals surface area contributed by atoms with Crippen LogP contribution in [0.25, 0.3) is 0 Å². The maximum Gasteiger partial charge on any atom is 0.162 e. The third-order valence-corrected chi connectivity index (χ3v) is 3.84. The van der Waals surface area contributed by atoms with Gasteiger partial charge in [0.15, 0.2) is 11.5 Å². The van der Waals surface area contributed by atoms with Gasteiger partial charge in [0.05, 0.1) is 7.11 Å². The third kappa shape index (κ3) is 4.86. The molecule has 4 nitrogen and oxygen atoms in total. The van der Waals surface area contributed by atoms with Gasteiger partial charge < -0.3 is 19.9 Å². The van der Waals surface area contributed by atoms with Crippen molar-refractivity contribution >= 4 is 17.2 Å². The number of hydrogen-bond donors (Lipinski definition) is 1. The Balaban J connectivity index is 1.89. The summed E-state index contributed by atoms with van der Waals surface area (Å²) in [6.45, 7) is 5.15. The van der Waals surface area contributed by atoms with Crippen molar-refractivity contribution in [1.82, 2.24) is 0 Å². The molecule has 2 N–H and O–H groups in total. The molecule has 0 aliphatic rings. The first-order valence-corrected chi connectivity index (χ1v) is 8.25. The van der Waals surface area contributed by atoms with Gasteiger partial charge in [0.2, 0.25) is 0 Å². The molecule has 5 heteroatoms. The van der Waals surface area contributed by atoms with Gasteiger partial charge in [-0.15, -0.1) is 0 Å². The summed E-state index contributed by atoms with van der Waals surface area (Å²) in [4.78, 5) is 0.323. The first-order valence-electron chi connectivity index (χ1n) is 7.84. The van der Waals surface area contributed by atoms with E-state index >= 15 is 0 Å². The molecule has 0 amide bonds. The average Bonchev–Trinajstić information content (AvgIpc) is 2.58. The molecule has 0 atom stereocenters. The Morgan fingerprint density at radius 1 is 1.00 bits per heavy atom. The van der Waals surface area contributed by atoms with Gasteiger partial charge in [0.25, 0.3) is 0 Å². The van der Waals surface area contributed by atoms with Crippen LogP contribution in [0.2, 0.25) is 0 Å². The number of ether oxygens (including phenoxy) is 3. The van der Waals surface area contributed by atoms with Crippen LogP contribution < -0.4 is 19.9 Å². The average molecular weight is 345 g/mol. The number of methoxy groups -OCH3 is 1. The number of benzene rings is 2. The van der Waals surface area contributed by atoms with Gasteiger partial charge in [-0.1, -0.05) is 38.2 Å². The molecule has 0 saturated heterocycles. The topological polar surface area (TPSA) is 53.7 Å². The van der Waals surface area contributed by atoms with Crippen LogP contribution in [0.15, 0.2) is 42.5 Å². The summed E-state index contributed by atoms with van der Waals surface area (Å²) in [6.07, 6.45) is 0. The minimum atomic E-state index is 0.323. The minimum Gasteiger partial charge on any atom is -0.493 e. The zero-order valence-corrected chi connectivity index (χ0v) is 15.1. The molecule has 24 heavy (non-hydrogen) atoms. The van der Waals surface area contributed by atoms with Crippen molar-refractivity contribution in [3.05, 3.63) is 53.6 Å². The molecule has 2 rings (SSSR count). The molecule has 0 aromatic heterocycles. The fourth-order valence-corrected chi connectivity index (χ4v) is 2.33. The van der Waals surface area contributed by atoms with Crippen LogP contribution in [0.3, 0.4) is 0 Å². The summed E-state index contributed by atoms with van der Waals surface area (Å²) in [5.41, 5.74) is 7.68. The standard InChI is InChI=1S/C19H23NO3S/c1-13(2)14-4-7-16(8-5-14)22-10-11-23-18-12-15(19(20)24)6-9-17(18)21-3/h4-9,12-13H,10-11H2,1-3H3,(H2,20,24). The highest BCUT2D eigenvalue weighted by atomic mass is 32.1. The Hall–Kier alpha value is -2.27. The Bertz CT molecular complexity index is 684. The van der Waals surface area contributed by atoms with Gasteiger partial charge in [0, 0.05) is 5.56 Å². The van der Waals surface area contributed by atoms with E-state index in [1.165, 1.54) is 5.56 Å². The van der Waals surface area contributed by atoms with Gasteiger partial charge >= 0.3 is 0 Å². The number of nitrogens with two attached hydrogens (primary N) is 1. The fourth-order valence-electron chi connectivity index (χ4n) is 2.20. The fraction of sp³-hybridized carbons (Fsp3) is 0.316. The van der Waals surface area contributed by atoms with Gasteiger partial charge in [0.1, 0.15) is 24.0 Å². The molecule has 0 spiro atoms. The second kappa shape index (κ2) is 8.55. The van der Waals surface area contributed by atoms with Crippen molar-refractivity contribution in [2.75, 3.05) is 20.3 Å². The number of thiocarbonyl (C=S) groups is 1. The lowest BCUT2D eigenvalue weighted by Gasteiger charge is -2.13. The molecule has 0 heterocycles. The van der Waals surface area contributed by atoms with Crippen LogP contribution in [0, 0.1) is 0 Å². The Labute approximate surface area is 148 Å². The number of rotatable bonds is 8. The second-order valence-electron chi connectivity index (χ2n) is 5.65. The minimum absolute atomic E-state index is 0.323. The SMILES string of the molecule is COc1ccc(C(N)=S)cc1OCCOc1ccc(C(C)C)cc1. The molecule has 0 aliphatic carbocycles. The predicted molar refractivity (Wildman–Crippen MR) is 100 cm³/mol. The lowest BCUT2D eigenvalue weighted by Crippen LogP contribution is -2.12. The van der Waals surface area contributed by atoms with Crippen LogP contribution >= 0.6 is 12.2 Å². The normalized spacial score (nSPS) is 10.5. The summed E-state index contributed by atoms with van der Waals surface area (Å²) in [5, 5.41) is 0. The van der Waals surface area contributed by atoms with E-state index in [1.54, 1.807) is 25.3 Å². The van der Waals surface area contributed by atoms with Gasteiger partial charge in [-0.05, 0) is 41.8 Å². The Morgan fingerprint density at radius 3 is 2.25 bits per heavy atom. The molecule has 0 bridgehead atoms. The van der Waals surface area contributed by atoms with E-state index in [0.29, 0.717) is 35.6 Å². The number of hydrogen-bond acceptors (Lipinski definition) is 4. The molecule has 0 fully saturated rings. The van der Waals surface area contributed by atoms with Gasteiger partial charge in [-0.2, -0.15) is 0 Å². The van der Waals surface area contributed by atoms with Crippen LogP contribution in [0.4, 0.5) is 0 Å². The first-order chi connectivity index (χ1) is 11.5. The van der Waals surface area contributed by atoms with E-state index in [2.05, 4.69) is 26.0 Å². The Morgan fingerprint density at radius 2 is 1.67 bits per heavy atom. The summed E-state index contributed by atoms with van der Waals surface area (Å²) >= 11 is 4.99. The summed E-state index contributed by atoms with van der Waals surface area (Å²) in [6, 6.07) is 13.5. The molecule has 2 aromatic carbocycles. The highest BCUT2D eigenvalue weighted by Crippen LogP contribution is 2.28. The zero-order chi connectivity index (χ0) is 17.5. The Kier molecular flexibility index (Phi) is 6.44. The van der Waals surface area contributed by atoms with E-state index in [0.717, 1.165) is 11.3 Å². The molecular formula is C19H23NO3S. The van der Waals surface area contributed by atoms with E-state index < -0.39 is 0 Å². The first kappa shape index (κ1) is 18.1. The van der Waals surface area contributed by atoms with E-state index in [4.69, 9.17) is 32.2 Å². The summed E-state index contributed by atoms with van der Waals surface area (Å²) in [7, 11) is 1.59. The highest BCUT2D eigenvalue weighted by Gasteiger charge is 2.07. The van der Waals surface area contributed by atoms with Crippen LogP contribution in [-0.2, 0) is 0 Å². The van der Waals surface area contributed by atoms with Crippen molar-refractivity contribution in [3.8, 4) is 17.2 Å². The van der Waals surface area contributed by atoms with Crippen molar-refractivity contribution in [2.45, 2.75) is 19.8 Å². The van der Waals surface area contributed by atoms with Crippen molar-refractivity contribution < 1.29 is 14.2 Å². The van der Waals surface area contributed by atoms with Gasteiger partial charge in [-0.25, -0.2) is 0 Å². The molecule has 0 radical (unpaired) electrons. The largest absolute Gasteiger partial charge is 0.493 e. The zero-order valence-electron chi connectivity index (χ0n) is 14.2. The molecular weight excluding hydrogens is 322 g/mol. The van der Waals surface area contributed by atoms with Crippen LogP contribution in [0.5, 0.6) is 17.2 Å². The van der Waals surface area contributed by atoms with Gasteiger partial charge in [-0.3, -0.25) is 0 Å². The predicted octanol–water partition coefficient (Wildman–Crippen LogP) is 3.91. The van der Waals surface area contributed by atoms with Crippen LogP contribution in [0.1, 0.15) is 30.9 Å². The van der Waals surface area contributed by atoms with Crippen molar-refractivity contribution in [2.24, 2.45) is 5.73 Å². The monoisotopic (exact) mass is 345 g/mol. The van der Waals surface area contributed by atoms with E-state index in [-0.39, 0.29) is 0 Å². The van der Waals surface area contributed by atoms with E-state index in [9.17, 15) is 0 Å². The maximum absolute atomic E-state index is 5.74. The third-order valence-electron chi connectivity index (χ3n) is 3.60. The summed E-state index contributed by atoms with van der Waals surface area (Å²) in [5.74, 6) is 2.57. The molecule has 2 aromatic rings. The van der Waals surface area contributed by atoms with E-state index in [1.807, 2.05) is 12.1 Å².